The standard InChI is InChI=1S/C31H26N4O4S/c1-22-13-15-25(16-14-22)33-29(36)21-39-27-12-6-5-10-24(27)18-28-30(37)35(20-26-11-7-17-38-26)31(40-28)34-32-19-23-8-3-2-4-9-23/h2-19H,20-21H2,1H3,(H,33,36)/b28-18-,32-19-,34-31+. The predicted molar refractivity (Wildman–Crippen MR) is 158 cm³/mol. The van der Waals surface area contributed by atoms with Crippen LogP contribution in [0.25, 0.3) is 6.08 Å². The van der Waals surface area contributed by atoms with Crippen LogP contribution >= 0.6 is 11.8 Å². The summed E-state index contributed by atoms with van der Waals surface area (Å²) < 4.78 is 11.3. The summed E-state index contributed by atoms with van der Waals surface area (Å²) in [4.78, 5) is 27.9. The molecule has 2 amide bonds. The highest BCUT2D eigenvalue weighted by atomic mass is 32.2. The van der Waals surface area contributed by atoms with Crippen LogP contribution in [0, 0.1) is 6.92 Å². The highest BCUT2D eigenvalue weighted by Crippen LogP contribution is 2.35. The quantitative estimate of drug-likeness (QED) is 0.154. The lowest BCUT2D eigenvalue weighted by atomic mass is 10.2. The van der Waals surface area contributed by atoms with Crippen molar-refractivity contribution in [2.24, 2.45) is 10.2 Å². The normalized spacial score (nSPS) is 15.3. The molecule has 4 aromatic rings. The highest BCUT2D eigenvalue weighted by molar-refractivity contribution is 8.18. The second-order valence-corrected chi connectivity index (χ2v) is 9.87. The van der Waals surface area contributed by atoms with E-state index >= 15 is 0 Å². The van der Waals surface area contributed by atoms with Crippen LogP contribution < -0.4 is 10.1 Å². The Bertz CT molecular complexity index is 1560. The maximum atomic E-state index is 13.4. The van der Waals surface area contributed by atoms with Gasteiger partial charge in [-0.2, -0.15) is 5.10 Å². The highest BCUT2D eigenvalue weighted by Gasteiger charge is 2.34. The molecule has 200 valence electrons. The van der Waals surface area contributed by atoms with E-state index in [2.05, 4.69) is 15.5 Å². The minimum absolute atomic E-state index is 0.180. The van der Waals surface area contributed by atoms with Crippen molar-refractivity contribution in [1.82, 2.24) is 4.90 Å². The molecule has 1 N–H and O–H groups in total. The zero-order chi connectivity index (χ0) is 27.7. The molecule has 0 bridgehead atoms. The van der Waals surface area contributed by atoms with Gasteiger partial charge in [-0.15, -0.1) is 5.10 Å². The molecule has 0 unspecified atom stereocenters. The van der Waals surface area contributed by atoms with Crippen molar-refractivity contribution in [3.8, 4) is 5.75 Å². The molecular formula is C31H26N4O4S. The van der Waals surface area contributed by atoms with Crippen molar-refractivity contribution in [3.63, 3.8) is 0 Å². The zero-order valence-electron chi connectivity index (χ0n) is 21.7. The number of carbonyl (C=O) groups excluding carboxylic acids is 2. The van der Waals surface area contributed by atoms with Gasteiger partial charge in [-0.25, -0.2) is 0 Å². The second kappa shape index (κ2) is 12.8. The molecular weight excluding hydrogens is 524 g/mol. The largest absolute Gasteiger partial charge is 0.483 e. The molecule has 5 rings (SSSR count). The van der Waals surface area contributed by atoms with Crippen LogP contribution in [0.5, 0.6) is 5.75 Å². The summed E-state index contributed by atoms with van der Waals surface area (Å²) in [6.45, 7) is 2.02. The second-order valence-electron chi connectivity index (χ2n) is 8.86. The Morgan fingerprint density at radius 3 is 2.55 bits per heavy atom. The Morgan fingerprint density at radius 1 is 1.00 bits per heavy atom. The number of nitrogens with one attached hydrogen (secondary N) is 1. The van der Waals surface area contributed by atoms with E-state index in [0.29, 0.717) is 32.8 Å². The van der Waals surface area contributed by atoms with Crippen LogP contribution in [0.3, 0.4) is 0 Å². The molecule has 0 saturated carbocycles. The van der Waals surface area contributed by atoms with E-state index in [1.54, 1.807) is 36.8 Å². The van der Waals surface area contributed by atoms with Gasteiger partial charge in [0.25, 0.3) is 11.8 Å². The first-order chi connectivity index (χ1) is 19.5. The number of hydrogen-bond donors (Lipinski definition) is 1. The number of carbonyl (C=O) groups is 2. The number of thioether (sulfide) groups is 1. The fourth-order valence-electron chi connectivity index (χ4n) is 3.81. The molecule has 9 heteroatoms. The van der Waals surface area contributed by atoms with E-state index in [-0.39, 0.29) is 25.0 Å². The van der Waals surface area contributed by atoms with Gasteiger partial charge >= 0.3 is 0 Å². The number of nitrogens with zero attached hydrogens (tertiary/aromatic N) is 3. The average Bonchev–Trinajstić information content (AvgIpc) is 3.59. The number of furan rings is 1. The molecule has 1 aliphatic rings. The van der Waals surface area contributed by atoms with Gasteiger partial charge in [0.1, 0.15) is 11.5 Å². The van der Waals surface area contributed by atoms with Gasteiger partial charge < -0.3 is 14.5 Å². The summed E-state index contributed by atoms with van der Waals surface area (Å²) in [7, 11) is 0. The molecule has 8 nitrogen and oxygen atoms in total. The number of amides is 2. The van der Waals surface area contributed by atoms with Crippen molar-refractivity contribution in [3.05, 3.63) is 125 Å². The van der Waals surface area contributed by atoms with Gasteiger partial charge in [-0.1, -0.05) is 66.2 Å². The van der Waals surface area contributed by atoms with Crippen molar-refractivity contribution in [2.45, 2.75) is 13.5 Å². The van der Waals surface area contributed by atoms with Crippen LogP contribution in [0.1, 0.15) is 22.5 Å². The molecule has 3 aromatic carbocycles. The van der Waals surface area contributed by atoms with Crippen LogP contribution in [-0.2, 0) is 16.1 Å². The summed E-state index contributed by atoms with van der Waals surface area (Å²) in [5, 5.41) is 11.8. The van der Waals surface area contributed by atoms with Gasteiger partial charge in [0.2, 0.25) is 0 Å². The van der Waals surface area contributed by atoms with E-state index in [9.17, 15) is 9.59 Å². The third-order valence-electron chi connectivity index (χ3n) is 5.83. The number of aryl methyl sites for hydroxylation is 1. The Labute approximate surface area is 236 Å². The zero-order valence-corrected chi connectivity index (χ0v) is 22.5. The fourth-order valence-corrected chi connectivity index (χ4v) is 4.74. The van der Waals surface area contributed by atoms with E-state index < -0.39 is 0 Å². The molecule has 0 radical (unpaired) electrons. The smallest absolute Gasteiger partial charge is 0.267 e. The Kier molecular flexibility index (Phi) is 8.53. The maximum Gasteiger partial charge on any atom is 0.267 e. The third kappa shape index (κ3) is 6.95. The first-order valence-electron chi connectivity index (χ1n) is 12.5. The fraction of sp³-hybridized carbons (Fsp3) is 0.0968. The monoisotopic (exact) mass is 550 g/mol. The summed E-state index contributed by atoms with van der Waals surface area (Å²) in [6.07, 6.45) is 4.93. The van der Waals surface area contributed by atoms with Gasteiger partial charge in [-0.05, 0) is 60.7 Å². The maximum absolute atomic E-state index is 13.4. The summed E-state index contributed by atoms with van der Waals surface area (Å²) >= 11 is 1.21. The van der Waals surface area contributed by atoms with Crippen LogP contribution in [0.4, 0.5) is 5.69 Å². The first-order valence-corrected chi connectivity index (χ1v) is 13.3. The van der Waals surface area contributed by atoms with Crippen LogP contribution in [0.15, 0.2) is 117 Å². The average molecular weight is 551 g/mol. The van der Waals surface area contributed by atoms with Crippen molar-refractivity contribution < 1.29 is 18.7 Å². The van der Waals surface area contributed by atoms with Gasteiger partial charge in [0, 0.05) is 11.3 Å². The van der Waals surface area contributed by atoms with E-state index in [1.807, 2.05) is 79.7 Å². The number of para-hydroxylation sites is 1. The lowest BCUT2D eigenvalue weighted by molar-refractivity contribution is -0.122. The molecule has 1 fully saturated rings. The van der Waals surface area contributed by atoms with Gasteiger partial charge in [0.15, 0.2) is 11.8 Å². The predicted octanol–water partition coefficient (Wildman–Crippen LogP) is 6.11. The lowest BCUT2D eigenvalue weighted by Gasteiger charge is -2.12. The SMILES string of the molecule is Cc1ccc(NC(=O)COc2ccccc2/C=C2\S/C(=N/N=C\c3ccccc3)N(Cc3ccco3)C2=O)cc1. The van der Waals surface area contributed by atoms with E-state index in [4.69, 9.17) is 9.15 Å². The summed E-state index contributed by atoms with van der Waals surface area (Å²) in [6, 6.07) is 27.9. The number of amidine groups is 1. The number of hydrogen-bond acceptors (Lipinski definition) is 7. The molecule has 1 saturated heterocycles. The number of anilines is 1. The van der Waals surface area contributed by atoms with E-state index in [0.717, 1.165) is 11.1 Å². The third-order valence-corrected chi connectivity index (χ3v) is 6.83. The number of rotatable bonds is 9. The molecule has 0 atom stereocenters. The Hall–Kier alpha value is -4.89. The molecule has 0 spiro atoms. The van der Waals surface area contributed by atoms with Gasteiger partial charge in [-0.3, -0.25) is 14.5 Å². The molecule has 0 aliphatic carbocycles. The van der Waals surface area contributed by atoms with Crippen molar-refractivity contribution in [1.29, 1.82) is 0 Å². The minimum Gasteiger partial charge on any atom is -0.483 e. The topological polar surface area (TPSA) is 96.5 Å². The summed E-state index contributed by atoms with van der Waals surface area (Å²) in [5.41, 5.74) is 3.36. The molecule has 40 heavy (non-hydrogen) atoms. The Morgan fingerprint density at radius 2 is 1.77 bits per heavy atom. The van der Waals surface area contributed by atoms with Crippen LogP contribution in [0.2, 0.25) is 0 Å². The summed E-state index contributed by atoms with van der Waals surface area (Å²) in [5.74, 6) is 0.584. The molecule has 1 aromatic heterocycles. The first kappa shape index (κ1) is 26.7. The van der Waals surface area contributed by atoms with Gasteiger partial charge in [0.05, 0.1) is 23.9 Å². The van der Waals surface area contributed by atoms with Crippen molar-refractivity contribution >= 4 is 46.7 Å². The number of ether oxygens (including phenoxy) is 1. The number of benzene rings is 3. The molecule has 1 aliphatic heterocycles. The van der Waals surface area contributed by atoms with Crippen molar-refractivity contribution in [2.75, 3.05) is 11.9 Å². The van der Waals surface area contributed by atoms with E-state index in [1.165, 1.54) is 16.7 Å². The van der Waals surface area contributed by atoms with Crippen LogP contribution in [-0.4, -0.2) is 34.7 Å². The lowest BCUT2D eigenvalue weighted by Crippen LogP contribution is -2.28. The molecule has 2 heterocycles. The minimum atomic E-state index is -0.284. The Balaban J connectivity index is 1.33.